The van der Waals surface area contributed by atoms with Gasteiger partial charge in [0, 0.05) is 25.7 Å². The molecule has 0 aliphatic heterocycles. The smallest absolute Gasteiger partial charge is 0.462 e. The maximum atomic E-state index is 13.2. The van der Waals surface area contributed by atoms with Crippen molar-refractivity contribution in [3.05, 3.63) is 0 Å². The average Bonchev–Trinajstić information content (AvgIpc) is 0.902. The van der Waals surface area contributed by atoms with Crippen LogP contribution in [0.5, 0.6) is 0 Å². The van der Waals surface area contributed by atoms with Crippen LogP contribution in [-0.2, 0) is 65.4 Å². The summed E-state index contributed by atoms with van der Waals surface area (Å²) in [5.41, 5.74) is 0. The second kappa shape index (κ2) is 79.3. The number of hydrogen-bond acceptors (Lipinski definition) is 15. The van der Waals surface area contributed by atoms with Gasteiger partial charge in [0.05, 0.1) is 26.4 Å². The molecule has 0 aliphatic carbocycles. The minimum Gasteiger partial charge on any atom is -0.462 e. The van der Waals surface area contributed by atoms with Crippen molar-refractivity contribution in [3.8, 4) is 0 Å². The normalized spacial score (nSPS) is 13.8. The molecule has 107 heavy (non-hydrogen) atoms. The van der Waals surface area contributed by atoms with Crippen molar-refractivity contribution < 1.29 is 80.2 Å². The standard InChI is InChI=1S/C88H172O17P2/c1-7-9-11-13-15-17-19-21-23-25-27-29-31-33-38-42-46-52-58-64-70-85(90)98-76-83(104-87(92)72-66-60-53-47-43-39-34-32-30-28-26-24-22-20-18-16-14-12-10-8-2)78-102-106(94,95)100-74-82(89)75-101-107(96,97)103-79-84(77-99-86(91)71-65-59-55-49-51-57-63-69-81(5)6)105-88(93)73-67-61-54-48-44-40-36-35-37-41-45-50-56-62-68-80(3)4/h80-84,89H,7-79H2,1-6H3,(H,94,95)(H,96,97)/t82-,83-,84-/m1/s1. The molecule has 0 aromatic heterocycles. The first-order chi connectivity index (χ1) is 51.9. The Kier molecular flexibility index (Phi) is 77.9. The highest BCUT2D eigenvalue weighted by Gasteiger charge is 2.30. The first kappa shape index (κ1) is 105. The second-order valence-corrected chi connectivity index (χ2v) is 35.5. The number of phosphoric ester groups is 2. The fraction of sp³-hybridized carbons (Fsp3) is 0.955. The molecule has 0 aliphatic rings. The lowest BCUT2D eigenvalue weighted by Gasteiger charge is -2.21. The Hall–Kier alpha value is -1.94. The van der Waals surface area contributed by atoms with Gasteiger partial charge in [0.2, 0.25) is 0 Å². The lowest BCUT2D eigenvalue weighted by atomic mass is 10.0. The van der Waals surface area contributed by atoms with E-state index in [-0.39, 0.29) is 25.7 Å². The number of carbonyl (C=O) groups is 4. The third kappa shape index (κ3) is 81.9. The van der Waals surface area contributed by atoms with Crippen molar-refractivity contribution in [2.24, 2.45) is 11.8 Å². The lowest BCUT2D eigenvalue weighted by molar-refractivity contribution is -0.161. The summed E-state index contributed by atoms with van der Waals surface area (Å²) in [6, 6.07) is 0. The van der Waals surface area contributed by atoms with Gasteiger partial charge in [-0.25, -0.2) is 9.13 Å². The summed E-state index contributed by atoms with van der Waals surface area (Å²) < 4.78 is 68.9. The maximum absolute atomic E-state index is 13.2. The Bertz CT molecular complexity index is 2050. The average molecular weight is 1560 g/mol. The van der Waals surface area contributed by atoms with E-state index >= 15 is 0 Å². The topological polar surface area (TPSA) is 237 Å². The zero-order valence-corrected chi connectivity index (χ0v) is 72.2. The summed E-state index contributed by atoms with van der Waals surface area (Å²) in [4.78, 5) is 73.3. The van der Waals surface area contributed by atoms with Gasteiger partial charge in [-0.2, -0.15) is 0 Å². The second-order valence-electron chi connectivity index (χ2n) is 32.6. The number of phosphoric acid groups is 2. The van der Waals surface area contributed by atoms with Crippen molar-refractivity contribution >= 4 is 39.5 Å². The fourth-order valence-corrected chi connectivity index (χ4v) is 15.4. The number of carbonyl (C=O) groups excluding carboxylic acids is 4. The summed E-state index contributed by atoms with van der Waals surface area (Å²) in [5, 5.41) is 10.7. The molecule has 0 saturated heterocycles. The molecule has 0 bridgehead atoms. The van der Waals surface area contributed by atoms with Crippen molar-refractivity contribution in [2.45, 2.75) is 490 Å². The van der Waals surface area contributed by atoms with E-state index in [4.69, 9.17) is 37.0 Å². The van der Waals surface area contributed by atoms with Gasteiger partial charge >= 0.3 is 39.5 Å². The van der Waals surface area contributed by atoms with Gasteiger partial charge in [-0.1, -0.05) is 420 Å². The largest absolute Gasteiger partial charge is 0.472 e. The predicted octanol–water partition coefficient (Wildman–Crippen LogP) is 27.0. The first-order valence-corrected chi connectivity index (χ1v) is 48.5. The van der Waals surface area contributed by atoms with Gasteiger partial charge in [-0.15, -0.1) is 0 Å². The number of esters is 4. The molecular formula is C88H172O17P2. The van der Waals surface area contributed by atoms with E-state index in [0.29, 0.717) is 31.6 Å². The van der Waals surface area contributed by atoms with Crippen LogP contribution in [0.4, 0.5) is 0 Å². The Balaban J connectivity index is 5.22. The van der Waals surface area contributed by atoms with Gasteiger partial charge in [-0.05, 0) is 37.5 Å². The van der Waals surface area contributed by atoms with E-state index < -0.39 is 97.5 Å². The van der Waals surface area contributed by atoms with Gasteiger partial charge < -0.3 is 33.8 Å². The Labute approximate surface area is 658 Å². The molecule has 0 saturated carbocycles. The Morgan fingerprint density at radius 2 is 0.430 bits per heavy atom. The molecule has 0 rings (SSSR count). The molecule has 0 fully saturated rings. The highest BCUT2D eigenvalue weighted by atomic mass is 31.2. The zero-order valence-electron chi connectivity index (χ0n) is 70.5. The molecular weight excluding hydrogens is 1390 g/mol. The predicted molar refractivity (Wildman–Crippen MR) is 442 cm³/mol. The molecule has 2 unspecified atom stereocenters. The Morgan fingerprint density at radius 1 is 0.252 bits per heavy atom. The minimum atomic E-state index is -4.97. The fourth-order valence-electron chi connectivity index (χ4n) is 13.8. The molecule has 17 nitrogen and oxygen atoms in total. The van der Waals surface area contributed by atoms with E-state index in [1.54, 1.807) is 0 Å². The summed E-state index contributed by atoms with van der Waals surface area (Å²) in [6.07, 6.45) is 72.4. The van der Waals surface area contributed by atoms with Gasteiger partial charge in [0.1, 0.15) is 19.3 Å². The number of hydrogen-bond donors (Lipinski definition) is 3. The number of ether oxygens (including phenoxy) is 4. The molecule has 0 heterocycles. The molecule has 636 valence electrons. The molecule has 0 aromatic rings. The zero-order chi connectivity index (χ0) is 78.5. The van der Waals surface area contributed by atoms with E-state index in [1.165, 1.54) is 283 Å². The number of aliphatic hydroxyl groups excluding tert-OH is 1. The molecule has 3 N–H and O–H groups in total. The van der Waals surface area contributed by atoms with Crippen molar-refractivity contribution in [1.82, 2.24) is 0 Å². The van der Waals surface area contributed by atoms with Crippen LogP contribution >= 0.6 is 15.6 Å². The molecule has 19 heteroatoms. The Morgan fingerprint density at radius 3 is 0.636 bits per heavy atom. The monoisotopic (exact) mass is 1560 g/mol. The highest BCUT2D eigenvalue weighted by Crippen LogP contribution is 2.45. The number of unbranched alkanes of at least 4 members (excludes halogenated alkanes) is 57. The third-order valence-electron chi connectivity index (χ3n) is 20.7. The lowest BCUT2D eigenvalue weighted by Crippen LogP contribution is -2.30. The summed E-state index contributed by atoms with van der Waals surface area (Å²) in [7, 11) is -9.93. The quantitative estimate of drug-likeness (QED) is 0.0222. The first-order valence-electron chi connectivity index (χ1n) is 45.5. The molecule has 0 amide bonds. The van der Waals surface area contributed by atoms with Crippen LogP contribution in [0, 0.1) is 11.8 Å². The van der Waals surface area contributed by atoms with Crippen LogP contribution in [0.15, 0.2) is 0 Å². The van der Waals surface area contributed by atoms with Crippen LogP contribution in [0.2, 0.25) is 0 Å². The van der Waals surface area contributed by atoms with Crippen molar-refractivity contribution in [1.29, 1.82) is 0 Å². The summed E-state index contributed by atoms with van der Waals surface area (Å²) in [6.45, 7) is 9.65. The molecule has 5 atom stereocenters. The molecule has 0 radical (unpaired) electrons. The SMILES string of the molecule is CCCCCCCCCCCCCCCCCCCCCCC(=O)OC[C@H](COP(=O)(O)OC[C@@H](O)COP(=O)(O)OC[C@@H](COC(=O)CCCCCCCCCC(C)C)OC(=O)CCCCCCCCCCCCCCCCC(C)C)OC(=O)CCCCCCCCCCCCCCCCCCCCCC. The maximum Gasteiger partial charge on any atom is 0.472 e. The van der Waals surface area contributed by atoms with Crippen molar-refractivity contribution in [3.63, 3.8) is 0 Å². The van der Waals surface area contributed by atoms with Gasteiger partial charge in [0.25, 0.3) is 0 Å². The van der Waals surface area contributed by atoms with E-state index in [0.717, 1.165) is 102 Å². The van der Waals surface area contributed by atoms with Gasteiger partial charge in [-0.3, -0.25) is 37.3 Å². The van der Waals surface area contributed by atoms with Gasteiger partial charge in [0.15, 0.2) is 12.2 Å². The number of aliphatic hydroxyl groups is 1. The van der Waals surface area contributed by atoms with E-state index in [1.807, 2.05) is 0 Å². The summed E-state index contributed by atoms with van der Waals surface area (Å²) in [5.74, 6) is -0.602. The third-order valence-corrected chi connectivity index (χ3v) is 22.6. The van der Waals surface area contributed by atoms with Crippen LogP contribution < -0.4 is 0 Å². The van der Waals surface area contributed by atoms with E-state index in [2.05, 4.69) is 41.5 Å². The molecule has 0 spiro atoms. The summed E-state index contributed by atoms with van der Waals surface area (Å²) >= 11 is 0. The minimum absolute atomic E-state index is 0.107. The van der Waals surface area contributed by atoms with E-state index in [9.17, 15) is 43.2 Å². The highest BCUT2D eigenvalue weighted by molar-refractivity contribution is 7.47. The van der Waals surface area contributed by atoms with Crippen LogP contribution in [0.1, 0.15) is 472 Å². The van der Waals surface area contributed by atoms with Crippen LogP contribution in [0.3, 0.4) is 0 Å². The van der Waals surface area contributed by atoms with Crippen LogP contribution in [-0.4, -0.2) is 96.7 Å². The molecule has 0 aromatic carbocycles. The number of rotatable bonds is 87. The van der Waals surface area contributed by atoms with Crippen molar-refractivity contribution in [2.75, 3.05) is 39.6 Å². The van der Waals surface area contributed by atoms with Crippen LogP contribution in [0.25, 0.3) is 0 Å².